The first-order valence-corrected chi connectivity index (χ1v) is 10.9. The van der Waals surface area contributed by atoms with Crippen molar-refractivity contribution in [3.05, 3.63) is 42.2 Å². The predicted octanol–water partition coefficient (Wildman–Crippen LogP) is 4.30. The molecule has 0 radical (unpaired) electrons. The summed E-state index contributed by atoms with van der Waals surface area (Å²) >= 11 is 1.68. The zero-order chi connectivity index (χ0) is 20.5. The lowest BCUT2D eigenvalue weighted by molar-refractivity contribution is 0.120. The number of ether oxygens (including phenoxy) is 3. The van der Waals surface area contributed by atoms with E-state index in [9.17, 15) is 0 Å². The van der Waals surface area contributed by atoms with Gasteiger partial charge in [-0.3, -0.25) is 0 Å². The van der Waals surface area contributed by atoms with Crippen molar-refractivity contribution in [2.24, 2.45) is 0 Å². The van der Waals surface area contributed by atoms with Crippen LogP contribution in [0, 0.1) is 0 Å². The van der Waals surface area contributed by atoms with E-state index in [1.807, 2.05) is 18.5 Å². The number of benzene rings is 2. The molecule has 5 rings (SSSR count). The smallest absolute Gasteiger partial charge is 0.183 e. The van der Waals surface area contributed by atoms with Crippen LogP contribution in [0.2, 0.25) is 0 Å². The van der Waals surface area contributed by atoms with Crippen LogP contribution < -0.4 is 14.8 Å². The number of methoxy groups -OCH3 is 2. The van der Waals surface area contributed by atoms with E-state index in [-0.39, 0.29) is 0 Å². The molecule has 0 amide bonds. The lowest BCUT2D eigenvalue weighted by atomic mass is 10.2. The van der Waals surface area contributed by atoms with Crippen molar-refractivity contribution in [2.45, 2.75) is 25.5 Å². The minimum atomic E-state index is 0.303. The average Bonchev–Trinajstić information content (AvgIpc) is 3.51. The van der Waals surface area contributed by atoms with Gasteiger partial charge in [-0.2, -0.15) is 0 Å². The van der Waals surface area contributed by atoms with Crippen LogP contribution in [-0.2, 0) is 11.3 Å². The molecule has 0 aliphatic carbocycles. The van der Waals surface area contributed by atoms with Crippen LogP contribution in [0.15, 0.2) is 36.7 Å². The third-order valence-corrected chi connectivity index (χ3v) is 6.41. The molecule has 1 aliphatic rings. The molecule has 1 unspecified atom stereocenters. The Morgan fingerprint density at radius 3 is 2.83 bits per heavy atom. The van der Waals surface area contributed by atoms with E-state index in [1.165, 1.54) is 10.3 Å². The third-order valence-electron chi connectivity index (χ3n) is 5.44. The van der Waals surface area contributed by atoms with E-state index in [0.717, 1.165) is 54.2 Å². The number of fused-ring (bicyclic) bond motifs is 2. The third kappa shape index (κ3) is 3.68. The SMILES string of the molecule is COc1cc2ncn(Cc3ccc4nc(NCC5CCCO5)sc4c3)c2cc1OC. The molecule has 0 spiro atoms. The Morgan fingerprint density at radius 1 is 1.17 bits per heavy atom. The summed E-state index contributed by atoms with van der Waals surface area (Å²) in [6, 6.07) is 10.3. The van der Waals surface area contributed by atoms with Crippen molar-refractivity contribution < 1.29 is 14.2 Å². The minimum absolute atomic E-state index is 0.303. The Morgan fingerprint density at radius 2 is 2.03 bits per heavy atom. The number of imidazole rings is 1. The number of rotatable bonds is 7. The topological polar surface area (TPSA) is 70.4 Å². The average molecular weight is 425 g/mol. The fourth-order valence-corrected chi connectivity index (χ4v) is 4.79. The molecule has 156 valence electrons. The van der Waals surface area contributed by atoms with Gasteiger partial charge < -0.3 is 24.1 Å². The van der Waals surface area contributed by atoms with Crippen molar-refractivity contribution in [1.82, 2.24) is 14.5 Å². The Hall–Kier alpha value is -2.84. The summed E-state index contributed by atoms with van der Waals surface area (Å²) in [6.45, 7) is 2.41. The van der Waals surface area contributed by atoms with Gasteiger partial charge in [0.15, 0.2) is 16.6 Å². The molecule has 1 N–H and O–H groups in total. The van der Waals surface area contributed by atoms with E-state index in [1.54, 1.807) is 25.6 Å². The van der Waals surface area contributed by atoms with Crippen LogP contribution in [0.1, 0.15) is 18.4 Å². The second kappa shape index (κ2) is 8.12. The molecule has 30 heavy (non-hydrogen) atoms. The highest BCUT2D eigenvalue weighted by Gasteiger charge is 2.16. The van der Waals surface area contributed by atoms with Gasteiger partial charge >= 0.3 is 0 Å². The summed E-state index contributed by atoms with van der Waals surface area (Å²) in [5, 5.41) is 4.38. The van der Waals surface area contributed by atoms with Crippen molar-refractivity contribution in [2.75, 3.05) is 32.7 Å². The molecule has 1 saturated heterocycles. The highest BCUT2D eigenvalue weighted by molar-refractivity contribution is 7.22. The quantitative estimate of drug-likeness (QED) is 0.477. The molecule has 1 aliphatic heterocycles. The number of hydrogen-bond acceptors (Lipinski definition) is 7. The minimum Gasteiger partial charge on any atom is -0.493 e. The Labute approximate surface area is 178 Å². The highest BCUT2D eigenvalue weighted by Crippen LogP contribution is 2.32. The van der Waals surface area contributed by atoms with Gasteiger partial charge in [0.1, 0.15) is 0 Å². The molecule has 1 atom stereocenters. The first kappa shape index (κ1) is 19.1. The van der Waals surface area contributed by atoms with Crippen LogP contribution in [-0.4, -0.2) is 48.0 Å². The van der Waals surface area contributed by atoms with Crippen LogP contribution >= 0.6 is 11.3 Å². The highest BCUT2D eigenvalue weighted by atomic mass is 32.1. The van der Waals surface area contributed by atoms with Crippen molar-refractivity contribution >= 4 is 37.7 Å². The molecule has 1 fully saturated rings. The normalized spacial score (nSPS) is 16.4. The molecule has 2 aromatic heterocycles. The summed E-state index contributed by atoms with van der Waals surface area (Å²) in [5.41, 5.74) is 4.11. The standard InChI is InChI=1S/C22H24N4O3S/c1-27-19-9-17-18(10-20(19)28-2)26(13-24-17)12-14-5-6-16-21(8-14)30-22(25-16)23-11-15-4-3-7-29-15/h5-6,8-10,13,15H,3-4,7,11-12H2,1-2H3,(H,23,25). The maximum Gasteiger partial charge on any atom is 0.183 e. The lowest BCUT2D eigenvalue weighted by Crippen LogP contribution is -2.18. The largest absolute Gasteiger partial charge is 0.493 e. The molecule has 2 aromatic carbocycles. The molecule has 4 aromatic rings. The van der Waals surface area contributed by atoms with E-state index >= 15 is 0 Å². The Bertz CT molecular complexity index is 1180. The molecule has 7 nitrogen and oxygen atoms in total. The fourth-order valence-electron chi connectivity index (χ4n) is 3.86. The van der Waals surface area contributed by atoms with Gasteiger partial charge in [-0.1, -0.05) is 17.4 Å². The molecule has 3 heterocycles. The number of aromatic nitrogens is 3. The number of nitrogens with one attached hydrogen (secondary N) is 1. The first-order chi connectivity index (χ1) is 14.7. The molecular formula is C22H24N4O3S. The van der Waals surface area contributed by atoms with Gasteiger partial charge in [0.2, 0.25) is 0 Å². The van der Waals surface area contributed by atoms with Gasteiger partial charge in [-0.25, -0.2) is 9.97 Å². The number of hydrogen-bond donors (Lipinski definition) is 1. The van der Waals surface area contributed by atoms with Crippen molar-refractivity contribution in [1.29, 1.82) is 0 Å². The summed E-state index contributed by atoms with van der Waals surface area (Å²) < 4.78 is 19.8. The fraction of sp³-hybridized carbons (Fsp3) is 0.364. The monoisotopic (exact) mass is 424 g/mol. The first-order valence-electron chi connectivity index (χ1n) is 10.1. The van der Waals surface area contributed by atoms with Crippen LogP contribution in [0.4, 0.5) is 5.13 Å². The number of nitrogens with zero attached hydrogens (tertiary/aromatic N) is 3. The summed E-state index contributed by atoms with van der Waals surface area (Å²) in [4.78, 5) is 9.23. The van der Waals surface area contributed by atoms with Crippen LogP contribution in [0.25, 0.3) is 21.3 Å². The van der Waals surface area contributed by atoms with E-state index in [0.29, 0.717) is 17.6 Å². The molecule has 0 bridgehead atoms. The molecule has 8 heteroatoms. The van der Waals surface area contributed by atoms with E-state index in [2.05, 4.69) is 33.1 Å². The van der Waals surface area contributed by atoms with Gasteiger partial charge in [0.05, 0.1) is 47.9 Å². The number of anilines is 1. The summed E-state index contributed by atoms with van der Waals surface area (Å²) in [7, 11) is 3.28. The summed E-state index contributed by atoms with van der Waals surface area (Å²) in [6.07, 6.45) is 4.43. The zero-order valence-corrected chi connectivity index (χ0v) is 17.9. The lowest BCUT2D eigenvalue weighted by Gasteiger charge is -2.09. The van der Waals surface area contributed by atoms with Gasteiger partial charge in [0.25, 0.3) is 0 Å². The Balaban J connectivity index is 1.37. The van der Waals surface area contributed by atoms with E-state index in [4.69, 9.17) is 19.2 Å². The van der Waals surface area contributed by atoms with Gasteiger partial charge in [-0.15, -0.1) is 0 Å². The van der Waals surface area contributed by atoms with Crippen LogP contribution in [0.5, 0.6) is 11.5 Å². The molecule has 0 saturated carbocycles. The second-order valence-electron chi connectivity index (χ2n) is 7.41. The summed E-state index contributed by atoms with van der Waals surface area (Å²) in [5.74, 6) is 1.39. The molecular weight excluding hydrogens is 400 g/mol. The van der Waals surface area contributed by atoms with Gasteiger partial charge in [-0.05, 0) is 30.5 Å². The van der Waals surface area contributed by atoms with Gasteiger partial charge in [0, 0.05) is 31.8 Å². The van der Waals surface area contributed by atoms with Crippen molar-refractivity contribution in [3.8, 4) is 11.5 Å². The predicted molar refractivity (Wildman–Crippen MR) is 119 cm³/mol. The second-order valence-corrected chi connectivity index (χ2v) is 8.44. The van der Waals surface area contributed by atoms with E-state index < -0.39 is 0 Å². The number of thiazole rings is 1. The zero-order valence-electron chi connectivity index (χ0n) is 17.1. The maximum atomic E-state index is 5.68. The van der Waals surface area contributed by atoms with Crippen LogP contribution in [0.3, 0.4) is 0 Å². The van der Waals surface area contributed by atoms with Crippen molar-refractivity contribution in [3.63, 3.8) is 0 Å². The maximum absolute atomic E-state index is 5.68. The Kier molecular flexibility index (Phi) is 5.18.